The van der Waals surface area contributed by atoms with E-state index in [4.69, 9.17) is 17.0 Å². The topological polar surface area (TPSA) is 12.5 Å². The average Bonchev–Trinajstić information content (AvgIpc) is 2.06. The lowest BCUT2D eigenvalue weighted by atomic mass is 10.2. The molecule has 0 bridgehead atoms. The van der Waals surface area contributed by atoms with Crippen molar-refractivity contribution in [3.05, 3.63) is 0 Å². The van der Waals surface area contributed by atoms with Gasteiger partial charge in [-0.05, 0) is 32.2 Å². The Hall–Kier alpha value is -0.150. The second kappa shape index (κ2) is 6.38. The first-order valence-electron chi connectivity index (χ1n) is 4.46. The van der Waals surface area contributed by atoms with Crippen LogP contribution in [0.15, 0.2) is 0 Å². The van der Waals surface area contributed by atoms with Gasteiger partial charge in [-0.2, -0.15) is 0 Å². The van der Waals surface area contributed by atoms with Crippen molar-refractivity contribution in [2.75, 3.05) is 20.2 Å². The highest BCUT2D eigenvalue weighted by Crippen LogP contribution is 2.04. The first-order valence-corrected chi connectivity index (χ1v) is 4.87. The number of thiocarbonyl (C=S) groups is 1. The van der Waals surface area contributed by atoms with Gasteiger partial charge in [0.25, 0.3) is 0 Å². The molecular formula is C9H19NOS. The lowest BCUT2D eigenvalue weighted by molar-refractivity contribution is 0.229. The molecule has 0 heterocycles. The zero-order chi connectivity index (χ0) is 9.56. The van der Waals surface area contributed by atoms with Gasteiger partial charge in [0.15, 0.2) is 5.05 Å². The maximum Gasteiger partial charge on any atom is 0.160 e. The highest BCUT2D eigenvalue weighted by Gasteiger charge is 2.11. The molecule has 0 aliphatic carbocycles. The summed E-state index contributed by atoms with van der Waals surface area (Å²) in [5, 5.41) is 0.703. The molecule has 3 heteroatoms. The molecule has 72 valence electrons. The van der Waals surface area contributed by atoms with Gasteiger partial charge in [0.1, 0.15) is 0 Å². The van der Waals surface area contributed by atoms with E-state index >= 15 is 0 Å². The summed E-state index contributed by atoms with van der Waals surface area (Å²) in [6.07, 6.45) is 0.855. The van der Waals surface area contributed by atoms with E-state index in [0.29, 0.717) is 11.1 Å². The minimum Gasteiger partial charge on any atom is -0.490 e. The molecule has 0 radical (unpaired) electrons. The zero-order valence-corrected chi connectivity index (χ0v) is 9.28. The number of hydrogen-bond donors (Lipinski definition) is 0. The van der Waals surface area contributed by atoms with Crippen LogP contribution in [0.3, 0.4) is 0 Å². The molecular weight excluding hydrogens is 170 g/mol. The fourth-order valence-electron chi connectivity index (χ4n) is 1.30. The summed E-state index contributed by atoms with van der Waals surface area (Å²) in [7, 11) is 1.64. The van der Waals surface area contributed by atoms with Gasteiger partial charge in [0.2, 0.25) is 0 Å². The van der Waals surface area contributed by atoms with Crippen molar-refractivity contribution in [2.24, 2.45) is 0 Å². The molecule has 0 aromatic carbocycles. The van der Waals surface area contributed by atoms with E-state index in [1.54, 1.807) is 7.11 Å². The van der Waals surface area contributed by atoms with Crippen LogP contribution in [0.5, 0.6) is 0 Å². The standard InChI is InChI=1S/C9H19NOS/c1-5-10(6-2)8(3)7-9(12)11-4/h8H,5-7H2,1-4H3. The molecule has 0 aromatic heterocycles. The first kappa shape index (κ1) is 11.8. The second-order valence-corrected chi connectivity index (χ2v) is 3.31. The maximum atomic E-state index is 5.00. The molecule has 0 N–H and O–H groups in total. The van der Waals surface area contributed by atoms with E-state index in [1.165, 1.54) is 0 Å². The largest absolute Gasteiger partial charge is 0.490 e. The van der Waals surface area contributed by atoms with Gasteiger partial charge >= 0.3 is 0 Å². The predicted octanol–water partition coefficient (Wildman–Crippen LogP) is 2.08. The second-order valence-electron chi connectivity index (χ2n) is 2.85. The Balaban J connectivity index is 3.83. The molecule has 0 rings (SSSR count). The van der Waals surface area contributed by atoms with Crippen molar-refractivity contribution >= 4 is 17.3 Å². The summed E-state index contributed by atoms with van der Waals surface area (Å²) in [6.45, 7) is 8.65. The molecule has 12 heavy (non-hydrogen) atoms. The van der Waals surface area contributed by atoms with E-state index in [1.807, 2.05) is 0 Å². The van der Waals surface area contributed by atoms with E-state index in [0.717, 1.165) is 19.5 Å². The SMILES string of the molecule is CCN(CC)C(C)CC(=S)OC. The summed E-state index contributed by atoms with van der Waals surface area (Å²) < 4.78 is 4.96. The molecule has 0 spiro atoms. The summed E-state index contributed by atoms with van der Waals surface area (Å²) in [6, 6.07) is 0.493. The van der Waals surface area contributed by atoms with E-state index < -0.39 is 0 Å². The molecule has 0 aliphatic rings. The van der Waals surface area contributed by atoms with Crippen LogP contribution in [-0.2, 0) is 4.74 Å². The summed E-state index contributed by atoms with van der Waals surface area (Å²) >= 11 is 5.00. The third-order valence-corrected chi connectivity index (χ3v) is 2.46. The Kier molecular flexibility index (Phi) is 6.30. The number of methoxy groups -OCH3 is 1. The zero-order valence-electron chi connectivity index (χ0n) is 8.46. The Morgan fingerprint density at radius 3 is 2.25 bits per heavy atom. The van der Waals surface area contributed by atoms with Crippen LogP contribution in [0.4, 0.5) is 0 Å². The third-order valence-electron chi connectivity index (χ3n) is 2.13. The highest BCUT2D eigenvalue weighted by atomic mass is 32.1. The molecule has 0 aromatic rings. The van der Waals surface area contributed by atoms with Crippen molar-refractivity contribution in [1.29, 1.82) is 0 Å². The lowest BCUT2D eigenvalue weighted by Gasteiger charge is -2.25. The number of nitrogens with zero attached hydrogens (tertiary/aromatic N) is 1. The van der Waals surface area contributed by atoms with Crippen molar-refractivity contribution in [1.82, 2.24) is 4.90 Å². The van der Waals surface area contributed by atoms with E-state index in [-0.39, 0.29) is 0 Å². The fourth-order valence-corrected chi connectivity index (χ4v) is 1.54. The molecule has 0 amide bonds. The van der Waals surface area contributed by atoms with Crippen molar-refractivity contribution in [2.45, 2.75) is 33.2 Å². The normalized spacial score (nSPS) is 13.1. The predicted molar refractivity (Wildman–Crippen MR) is 56.6 cm³/mol. The van der Waals surface area contributed by atoms with Crippen molar-refractivity contribution < 1.29 is 4.74 Å². The molecule has 0 aliphatic heterocycles. The molecule has 1 atom stereocenters. The van der Waals surface area contributed by atoms with Crippen LogP contribution in [0.25, 0.3) is 0 Å². The van der Waals surface area contributed by atoms with Gasteiger partial charge in [0.05, 0.1) is 7.11 Å². The first-order chi connectivity index (χ1) is 5.65. The molecule has 0 saturated carbocycles. The third kappa shape index (κ3) is 4.02. The number of ether oxygens (including phenoxy) is 1. The Morgan fingerprint density at radius 2 is 1.92 bits per heavy atom. The Labute approximate surface area is 80.9 Å². The molecule has 0 saturated heterocycles. The van der Waals surface area contributed by atoms with E-state index in [9.17, 15) is 0 Å². The number of hydrogen-bond acceptors (Lipinski definition) is 3. The minimum absolute atomic E-state index is 0.493. The monoisotopic (exact) mass is 189 g/mol. The quantitative estimate of drug-likeness (QED) is 0.614. The maximum absolute atomic E-state index is 5.00. The van der Waals surface area contributed by atoms with Gasteiger partial charge in [-0.1, -0.05) is 13.8 Å². The van der Waals surface area contributed by atoms with Gasteiger partial charge in [0, 0.05) is 12.5 Å². The molecule has 0 fully saturated rings. The molecule has 1 unspecified atom stereocenters. The van der Waals surface area contributed by atoms with Gasteiger partial charge in [-0.25, -0.2) is 0 Å². The van der Waals surface area contributed by atoms with Gasteiger partial charge < -0.3 is 9.64 Å². The van der Waals surface area contributed by atoms with Crippen molar-refractivity contribution in [3.63, 3.8) is 0 Å². The van der Waals surface area contributed by atoms with Crippen LogP contribution in [0.1, 0.15) is 27.2 Å². The van der Waals surface area contributed by atoms with Gasteiger partial charge in [-0.15, -0.1) is 0 Å². The average molecular weight is 189 g/mol. The van der Waals surface area contributed by atoms with E-state index in [2.05, 4.69) is 25.7 Å². The molecule has 2 nitrogen and oxygen atoms in total. The van der Waals surface area contributed by atoms with Crippen LogP contribution < -0.4 is 0 Å². The Bertz CT molecular complexity index is 134. The summed E-state index contributed by atoms with van der Waals surface area (Å²) in [5.41, 5.74) is 0. The summed E-state index contributed by atoms with van der Waals surface area (Å²) in [5.74, 6) is 0. The highest BCUT2D eigenvalue weighted by molar-refractivity contribution is 7.80. The van der Waals surface area contributed by atoms with Crippen LogP contribution >= 0.6 is 12.2 Å². The number of rotatable bonds is 5. The lowest BCUT2D eigenvalue weighted by Crippen LogP contribution is -2.34. The summed E-state index contributed by atoms with van der Waals surface area (Å²) in [4.78, 5) is 2.37. The van der Waals surface area contributed by atoms with Gasteiger partial charge in [-0.3, -0.25) is 0 Å². The minimum atomic E-state index is 0.493. The fraction of sp³-hybridized carbons (Fsp3) is 0.889. The van der Waals surface area contributed by atoms with Crippen LogP contribution in [-0.4, -0.2) is 36.2 Å². The van der Waals surface area contributed by atoms with Crippen LogP contribution in [0.2, 0.25) is 0 Å². The smallest absolute Gasteiger partial charge is 0.160 e. The van der Waals surface area contributed by atoms with Crippen LogP contribution in [0, 0.1) is 0 Å². The Morgan fingerprint density at radius 1 is 1.42 bits per heavy atom. The van der Waals surface area contributed by atoms with Crippen molar-refractivity contribution in [3.8, 4) is 0 Å².